The van der Waals surface area contributed by atoms with Crippen molar-refractivity contribution in [2.45, 2.75) is 35.5 Å². The first-order valence-corrected chi connectivity index (χ1v) is 13.7. The van der Waals surface area contributed by atoms with Gasteiger partial charge < -0.3 is 14.2 Å². The first-order chi connectivity index (χ1) is 15.8. The number of nitrogens with zero attached hydrogens (tertiary/aromatic N) is 1. The molecule has 1 fully saturated rings. The summed E-state index contributed by atoms with van der Waals surface area (Å²) in [5.41, 5.74) is 2.20. The first kappa shape index (κ1) is 23.8. The molecule has 0 unspecified atom stereocenters. The summed E-state index contributed by atoms with van der Waals surface area (Å²) >= 11 is 0. The van der Waals surface area contributed by atoms with Gasteiger partial charge in [0.15, 0.2) is 0 Å². The zero-order valence-electron chi connectivity index (χ0n) is 18.7. The van der Waals surface area contributed by atoms with Crippen molar-refractivity contribution >= 4 is 25.7 Å². The highest BCUT2D eigenvalue weighted by Crippen LogP contribution is 2.35. The fourth-order valence-corrected chi connectivity index (χ4v) is 7.03. The van der Waals surface area contributed by atoms with Crippen LogP contribution in [-0.4, -0.2) is 61.7 Å². The molecule has 2 aromatic carbocycles. The molecule has 1 N–H and O–H groups in total. The number of benzene rings is 2. The van der Waals surface area contributed by atoms with Gasteiger partial charge in [0.1, 0.15) is 21.3 Å². The van der Waals surface area contributed by atoms with E-state index in [0.29, 0.717) is 13.2 Å². The van der Waals surface area contributed by atoms with Crippen molar-refractivity contribution in [3.63, 3.8) is 0 Å². The molecular weight excluding hydrogens is 468 g/mol. The Morgan fingerprint density at radius 1 is 0.848 bits per heavy atom. The monoisotopic (exact) mass is 496 g/mol. The average Bonchev–Trinajstić information content (AvgIpc) is 2.83. The minimum atomic E-state index is -4.04. The van der Waals surface area contributed by atoms with Crippen molar-refractivity contribution in [2.24, 2.45) is 0 Å². The second kappa shape index (κ2) is 9.49. The lowest BCUT2D eigenvalue weighted by molar-refractivity contribution is 0.0729. The van der Waals surface area contributed by atoms with Gasteiger partial charge in [0.2, 0.25) is 10.0 Å². The Hall–Kier alpha value is -2.34. The Labute approximate surface area is 194 Å². The number of sulfonamides is 2. The SMILES string of the molecule is COc1cc2c(cc1S(=O)(=O)Nc1ccc(OC)c(S(=O)(=O)N3CCOCC3)c1)CCCC2. The van der Waals surface area contributed by atoms with Gasteiger partial charge in [-0.3, -0.25) is 4.72 Å². The highest BCUT2D eigenvalue weighted by atomic mass is 32.2. The smallest absolute Gasteiger partial charge is 0.265 e. The van der Waals surface area contributed by atoms with Crippen LogP contribution >= 0.6 is 0 Å². The molecule has 0 amide bonds. The molecule has 1 saturated heterocycles. The molecule has 180 valence electrons. The molecule has 0 saturated carbocycles. The van der Waals surface area contributed by atoms with E-state index in [2.05, 4.69) is 4.72 Å². The molecule has 9 nitrogen and oxygen atoms in total. The number of anilines is 1. The average molecular weight is 497 g/mol. The van der Waals surface area contributed by atoms with Crippen LogP contribution in [-0.2, 0) is 37.6 Å². The van der Waals surface area contributed by atoms with Crippen molar-refractivity contribution < 1.29 is 31.0 Å². The molecule has 0 spiro atoms. The van der Waals surface area contributed by atoms with Crippen molar-refractivity contribution in [2.75, 3.05) is 45.2 Å². The standard InChI is InChI=1S/C22H28N2O7S2/c1-29-19-8-7-18(15-22(19)33(27,28)24-9-11-31-12-10-24)23-32(25,26)21-14-17-6-4-3-5-16(17)13-20(21)30-2/h7-8,13-15,23H,3-6,9-12H2,1-2H3. The van der Waals surface area contributed by atoms with Crippen LogP contribution in [0.15, 0.2) is 40.1 Å². The number of nitrogens with one attached hydrogen (secondary N) is 1. The quantitative estimate of drug-likeness (QED) is 0.627. The van der Waals surface area contributed by atoms with Gasteiger partial charge >= 0.3 is 0 Å². The summed E-state index contributed by atoms with van der Waals surface area (Å²) in [4.78, 5) is -0.0800. The number of hydrogen-bond donors (Lipinski definition) is 1. The van der Waals surface area contributed by atoms with Crippen molar-refractivity contribution in [3.8, 4) is 11.5 Å². The highest BCUT2D eigenvalue weighted by molar-refractivity contribution is 7.92. The lowest BCUT2D eigenvalue weighted by Gasteiger charge is -2.27. The normalized spacial score (nSPS) is 17.3. The summed E-state index contributed by atoms with van der Waals surface area (Å²) in [6.45, 7) is 1.03. The summed E-state index contributed by atoms with van der Waals surface area (Å²) < 4.78 is 72.7. The fourth-order valence-electron chi connectivity index (χ4n) is 4.19. The molecule has 2 aromatic rings. The summed E-state index contributed by atoms with van der Waals surface area (Å²) in [6.07, 6.45) is 3.77. The number of fused-ring (bicyclic) bond motifs is 1. The van der Waals surface area contributed by atoms with Crippen LogP contribution in [0.1, 0.15) is 24.0 Å². The van der Waals surface area contributed by atoms with Crippen LogP contribution in [0.4, 0.5) is 5.69 Å². The molecule has 0 atom stereocenters. The van der Waals surface area contributed by atoms with Gasteiger partial charge in [-0.1, -0.05) is 0 Å². The van der Waals surface area contributed by atoms with E-state index < -0.39 is 20.0 Å². The van der Waals surface area contributed by atoms with E-state index >= 15 is 0 Å². The third-order valence-corrected chi connectivity index (χ3v) is 9.24. The van der Waals surface area contributed by atoms with E-state index in [1.807, 2.05) is 0 Å². The minimum Gasteiger partial charge on any atom is -0.495 e. The Balaban J connectivity index is 1.70. The topological polar surface area (TPSA) is 111 Å². The van der Waals surface area contributed by atoms with E-state index in [9.17, 15) is 16.8 Å². The summed E-state index contributed by atoms with van der Waals surface area (Å²) in [6, 6.07) is 7.64. The number of ether oxygens (including phenoxy) is 3. The van der Waals surface area contributed by atoms with Crippen LogP contribution in [0.25, 0.3) is 0 Å². The van der Waals surface area contributed by atoms with Gasteiger partial charge in [0.05, 0.1) is 33.1 Å². The van der Waals surface area contributed by atoms with Crippen LogP contribution in [0, 0.1) is 0 Å². The molecule has 4 rings (SSSR count). The predicted octanol–water partition coefficient (Wildman–Crippen LogP) is 2.40. The van der Waals surface area contributed by atoms with Gasteiger partial charge in [0, 0.05) is 13.1 Å². The van der Waals surface area contributed by atoms with Gasteiger partial charge in [-0.05, 0) is 67.1 Å². The van der Waals surface area contributed by atoms with Crippen molar-refractivity contribution in [3.05, 3.63) is 41.5 Å². The maximum Gasteiger partial charge on any atom is 0.265 e. The van der Waals surface area contributed by atoms with Crippen molar-refractivity contribution in [1.29, 1.82) is 0 Å². The summed E-state index contributed by atoms with van der Waals surface area (Å²) in [5.74, 6) is 0.397. The Bertz CT molecular complexity index is 1240. The third-order valence-electron chi connectivity index (χ3n) is 5.92. The fraction of sp³-hybridized carbons (Fsp3) is 0.455. The van der Waals surface area contributed by atoms with Crippen LogP contribution in [0.3, 0.4) is 0 Å². The number of morpholine rings is 1. The number of aryl methyl sites for hydroxylation is 2. The molecule has 2 aliphatic rings. The van der Waals surface area contributed by atoms with Gasteiger partial charge in [-0.2, -0.15) is 4.31 Å². The third kappa shape index (κ3) is 4.81. The van der Waals surface area contributed by atoms with E-state index in [0.717, 1.165) is 36.8 Å². The molecule has 1 aliphatic heterocycles. The van der Waals surface area contributed by atoms with Gasteiger partial charge in [-0.25, -0.2) is 16.8 Å². The second-order valence-electron chi connectivity index (χ2n) is 7.97. The van der Waals surface area contributed by atoms with Crippen molar-refractivity contribution in [1.82, 2.24) is 4.31 Å². The summed E-state index contributed by atoms with van der Waals surface area (Å²) in [7, 11) is -5.14. The van der Waals surface area contributed by atoms with Gasteiger partial charge in [-0.15, -0.1) is 0 Å². The number of methoxy groups -OCH3 is 2. The molecule has 0 bridgehead atoms. The maximum atomic E-state index is 13.3. The lowest BCUT2D eigenvalue weighted by Crippen LogP contribution is -2.40. The summed E-state index contributed by atoms with van der Waals surface area (Å²) in [5, 5.41) is 0. The Kier molecular flexibility index (Phi) is 6.85. The molecule has 33 heavy (non-hydrogen) atoms. The molecule has 1 aliphatic carbocycles. The second-order valence-corrected chi connectivity index (χ2v) is 11.5. The Morgan fingerprint density at radius 2 is 1.48 bits per heavy atom. The van der Waals surface area contributed by atoms with E-state index in [1.165, 1.54) is 36.7 Å². The highest BCUT2D eigenvalue weighted by Gasteiger charge is 2.30. The predicted molar refractivity (Wildman–Crippen MR) is 123 cm³/mol. The zero-order valence-corrected chi connectivity index (χ0v) is 20.3. The van der Waals surface area contributed by atoms with E-state index in [4.69, 9.17) is 14.2 Å². The Morgan fingerprint density at radius 3 is 2.12 bits per heavy atom. The van der Waals surface area contributed by atoms with Crippen LogP contribution < -0.4 is 14.2 Å². The van der Waals surface area contributed by atoms with E-state index in [-0.39, 0.29) is 40.1 Å². The first-order valence-electron chi connectivity index (χ1n) is 10.7. The maximum absolute atomic E-state index is 13.3. The molecule has 11 heteroatoms. The minimum absolute atomic E-state index is 0.0269. The zero-order chi connectivity index (χ0) is 23.6. The molecule has 0 aromatic heterocycles. The van der Waals surface area contributed by atoms with Gasteiger partial charge in [0.25, 0.3) is 10.0 Å². The molecule has 0 radical (unpaired) electrons. The molecular formula is C22H28N2O7S2. The largest absolute Gasteiger partial charge is 0.495 e. The number of hydrogen-bond acceptors (Lipinski definition) is 7. The van der Waals surface area contributed by atoms with E-state index in [1.54, 1.807) is 12.1 Å². The lowest BCUT2D eigenvalue weighted by atomic mass is 9.92. The van der Waals surface area contributed by atoms with Crippen LogP contribution in [0.5, 0.6) is 11.5 Å². The number of rotatable bonds is 7. The molecule has 1 heterocycles. The van der Waals surface area contributed by atoms with Crippen LogP contribution in [0.2, 0.25) is 0 Å².